The van der Waals surface area contributed by atoms with Crippen molar-refractivity contribution in [3.05, 3.63) is 0 Å². The van der Waals surface area contributed by atoms with Crippen LogP contribution in [-0.2, 0) is 0 Å². The predicted molar refractivity (Wildman–Crippen MR) is 56.4 cm³/mol. The molecule has 0 aliphatic rings. The maximum absolute atomic E-state index is 2.45. The first-order valence-corrected chi connectivity index (χ1v) is 5.17. The Balaban J connectivity index is 3.64. The van der Waals surface area contributed by atoms with Crippen molar-refractivity contribution >= 4 is 0 Å². The summed E-state index contributed by atoms with van der Waals surface area (Å²) in [5.41, 5.74) is 0. The van der Waals surface area contributed by atoms with E-state index in [1.165, 1.54) is 12.8 Å². The molecule has 1 atom stereocenters. The lowest BCUT2D eigenvalue weighted by molar-refractivity contribution is 0.192. The van der Waals surface area contributed by atoms with Gasteiger partial charge >= 0.3 is 0 Å². The molecule has 0 N–H and O–H groups in total. The highest BCUT2D eigenvalue weighted by Crippen LogP contribution is 2.12. The van der Waals surface area contributed by atoms with Crippen LogP contribution in [0.4, 0.5) is 0 Å². The van der Waals surface area contributed by atoms with Gasteiger partial charge in [-0.3, -0.25) is 0 Å². The normalized spacial score (nSPS) is 14.8. The van der Waals surface area contributed by atoms with E-state index in [1.54, 1.807) is 0 Å². The van der Waals surface area contributed by atoms with E-state index < -0.39 is 0 Å². The molecule has 0 unspecified atom stereocenters. The molecule has 74 valence electrons. The summed E-state index contributed by atoms with van der Waals surface area (Å²) in [5.74, 6) is 0.841. The Morgan fingerprint density at radius 1 is 0.917 bits per heavy atom. The first kappa shape index (κ1) is 12.0. The second kappa shape index (κ2) is 5.58. The second-order valence-corrected chi connectivity index (χ2v) is 4.58. The summed E-state index contributed by atoms with van der Waals surface area (Å²) in [4.78, 5) is 2.45. The minimum Gasteiger partial charge on any atom is -0.301 e. The highest BCUT2D eigenvalue weighted by Gasteiger charge is 2.11. The molecule has 0 rings (SSSR count). The molecule has 0 heterocycles. The summed E-state index contributed by atoms with van der Waals surface area (Å²) in [6, 6.07) is 1.40. The monoisotopic (exact) mass is 171 g/mol. The maximum Gasteiger partial charge on any atom is 0.00666 e. The Labute approximate surface area is 78.1 Å². The summed E-state index contributed by atoms with van der Waals surface area (Å²) in [5, 5.41) is 0. The largest absolute Gasteiger partial charge is 0.301 e. The fourth-order valence-electron chi connectivity index (χ4n) is 1.29. The number of rotatable bonds is 5. The third kappa shape index (κ3) is 4.76. The van der Waals surface area contributed by atoms with E-state index in [2.05, 4.69) is 46.6 Å². The van der Waals surface area contributed by atoms with Crippen LogP contribution < -0.4 is 0 Å². The second-order valence-electron chi connectivity index (χ2n) is 4.58. The fraction of sp³-hybridized carbons (Fsp3) is 1.00. The van der Waals surface area contributed by atoms with Crippen molar-refractivity contribution in [3.63, 3.8) is 0 Å². The Morgan fingerprint density at radius 2 is 1.42 bits per heavy atom. The Hall–Kier alpha value is -0.0400. The van der Waals surface area contributed by atoms with Crippen molar-refractivity contribution in [2.24, 2.45) is 5.92 Å². The molecule has 0 saturated carbocycles. The van der Waals surface area contributed by atoms with Crippen molar-refractivity contribution in [1.82, 2.24) is 4.90 Å². The van der Waals surface area contributed by atoms with Crippen LogP contribution in [0.3, 0.4) is 0 Å². The van der Waals surface area contributed by atoms with Gasteiger partial charge in [0.1, 0.15) is 0 Å². The molecule has 0 amide bonds. The van der Waals surface area contributed by atoms with Gasteiger partial charge in [-0.25, -0.2) is 0 Å². The van der Waals surface area contributed by atoms with E-state index in [1.807, 2.05) is 0 Å². The van der Waals surface area contributed by atoms with Crippen molar-refractivity contribution in [3.8, 4) is 0 Å². The molecule has 0 aliphatic heterocycles. The first-order chi connectivity index (χ1) is 5.45. The van der Waals surface area contributed by atoms with E-state index >= 15 is 0 Å². The van der Waals surface area contributed by atoms with E-state index in [4.69, 9.17) is 0 Å². The van der Waals surface area contributed by atoms with Crippen molar-refractivity contribution in [2.45, 2.75) is 59.5 Å². The summed E-state index contributed by atoms with van der Waals surface area (Å²) in [7, 11) is 2.22. The minimum atomic E-state index is 0.673. The molecule has 0 fully saturated rings. The van der Waals surface area contributed by atoms with E-state index in [0.717, 1.165) is 12.0 Å². The zero-order valence-electron chi connectivity index (χ0n) is 9.59. The minimum absolute atomic E-state index is 0.673. The SMILES string of the molecule is CC(C)CC[C@@H](C)N(C)C(C)C. The van der Waals surface area contributed by atoms with E-state index in [-0.39, 0.29) is 0 Å². The maximum atomic E-state index is 2.45. The van der Waals surface area contributed by atoms with Crippen LogP contribution in [0.2, 0.25) is 0 Å². The molecule has 1 nitrogen and oxygen atoms in total. The topological polar surface area (TPSA) is 3.24 Å². The van der Waals surface area contributed by atoms with Crippen LogP contribution in [0.15, 0.2) is 0 Å². The third-order valence-corrected chi connectivity index (χ3v) is 2.67. The van der Waals surface area contributed by atoms with Crippen molar-refractivity contribution in [2.75, 3.05) is 7.05 Å². The lowest BCUT2D eigenvalue weighted by atomic mass is 10.0. The van der Waals surface area contributed by atoms with Crippen molar-refractivity contribution in [1.29, 1.82) is 0 Å². The highest BCUT2D eigenvalue weighted by atomic mass is 15.1. The number of hydrogen-bond donors (Lipinski definition) is 0. The average molecular weight is 171 g/mol. The van der Waals surface area contributed by atoms with Crippen molar-refractivity contribution < 1.29 is 0 Å². The molecular formula is C11H25N. The van der Waals surface area contributed by atoms with Gasteiger partial charge in [0.05, 0.1) is 0 Å². The highest BCUT2D eigenvalue weighted by molar-refractivity contribution is 4.67. The van der Waals surface area contributed by atoms with Crippen LogP contribution >= 0.6 is 0 Å². The van der Waals surface area contributed by atoms with Crippen LogP contribution in [-0.4, -0.2) is 24.0 Å². The third-order valence-electron chi connectivity index (χ3n) is 2.67. The first-order valence-electron chi connectivity index (χ1n) is 5.17. The van der Waals surface area contributed by atoms with Gasteiger partial charge in [-0.05, 0) is 46.6 Å². The quantitative estimate of drug-likeness (QED) is 0.614. The number of hydrogen-bond acceptors (Lipinski definition) is 1. The van der Waals surface area contributed by atoms with E-state index in [0.29, 0.717) is 6.04 Å². The summed E-state index contributed by atoms with van der Waals surface area (Å²) in [6.07, 6.45) is 2.67. The number of nitrogens with zero attached hydrogens (tertiary/aromatic N) is 1. The van der Waals surface area contributed by atoms with Gasteiger partial charge in [0.25, 0.3) is 0 Å². The molecule has 0 aromatic rings. The molecule has 0 spiro atoms. The summed E-state index contributed by atoms with van der Waals surface area (Å²) in [6.45, 7) is 11.4. The van der Waals surface area contributed by atoms with Gasteiger partial charge in [-0.2, -0.15) is 0 Å². The Kier molecular flexibility index (Phi) is 5.56. The van der Waals surface area contributed by atoms with Gasteiger partial charge in [0.2, 0.25) is 0 Å². The molecule has 0 radical (unpaired) electrons. The zero-order valence-corrected chi connectivity index (χ0v) is 9.59. The molecule has 0 aromatic carbocycles. The fourth-order valence-corrected chi connectivity index (χ4v) is 1.29. The molecule has 0 bridgehead atoms. The van der Waals surface area contributed by atoms with Crippen LogP contribution in [0.25, 0.3) is 0 Å². The summed E-state index contributed by atoms with van der Waals surface area (Å²) < 4.78 is 0. The van der Waals surface area contributed by atoms with Gasteiger partial charge in [0, 0.05) is 12.1 Å². The van der Waals surface area contributed by atoms with Crippen LogP contribution in [0.5, 0.6) is 0 Å². The molecule has 1 heteroatoms. The van der Waals surface area contributed by atoms with E-state index in [9.17, 15) is 0 Å². The molecule has 0 aromatic heterocycles. The van der Waals surface area contributed by atoms with Gasteiger partial charge < -0.3 is 4.90 Å². The lowest BCUT2D eigenvalue weighted by Gasteiger charge is -2.28. The lowest BCUT2D eigenvalue weighted by Crippen LogP contribution is -2.35. The van der Waals surface area contributed by atoms with Crippen LogP contribution in [0.1, 0.15) is 47.5 Å². The standard InChI is InChI=1S/C11H25N/c1-9(2)7-8-11(5)12(6)10(3)4/h9-11H,7-8H2,1-6H3/t11-/m1/s1. The molecule has 0 aliphatic carbocycles. The smallest absolute Gasteiger partial charge is 0.00666 e. The molecular weight excluding hydrogens is 146 g/mol. The van der Waals surface area contributed by atoms with Gasteiger partial charge in [0.15, 0.2) is 0 Å². The Morgan fingerprint density at radius 3 is 1.75 bits per heavy atom. The zero-order chi connectivity index (χ0) is 9.72. The Bertz CT molecular complexity index is 108. The van der Waals surface area contributed by atoms with Gasteiger partial charge in [-0.1, -0.05) is 13.8 Å². The van der Waals surface area contributed by atoms with Crippen LogP contribution in [0, 0.1) is 5.92 Å². The molecule has 12 heavy (non-hydrogen) atoms. The predicted octanol–water partition coefficient (Wildman–Crippen LogP) is 3.15. The summed E-state index contributed by atoms with van der Waals surface area (Å²) >= 11 is 0. The average Bonchev–Trinajstić information content (AvgIpc) is 1.98. The van der Waals surface area contributed by atoms with Gasteiger partial charge in [-0.15, -0.1) is 0 Å². The molecule has 0 saturated heterocycles.